The van der Waals surface area contributed by atoms with Crippen LogP contribution in [0.5, 0.6) is 0 Å². The number of halogens is 1. The van der Waals surface area contributed by atoms with Crippen LogP contribution in [-0.4, -0.2) is 23.0 Å². The molecule has 0 spiro atoms. The number of aliphatic hydroxyl groups excluding tert-OH is 1. The fourth-order valence-corrected chi connectivity index (χ4v) is 2.78. The standard InChI is InChI=1S/C11H16BrNOS/c1-11(13,8-14)5-6-15-10-4-2-3-9(12)7-10/h2-4,7,14H,5-6,8,13H2,1H3. The molecule has 0 fully saturated rings. The molecule has 0 heterocycles. The largest absolute Gasteiger partial charge is 0.394 e. The Labute approximate surface area is 103 Å². The highest BCUT2D eigenvalue weighted by Crippen LogP contribution is 2.23. The van der Waals surface area contributed by atoms with Gasteiger partial charge in [0.1, 0.15) is 0 Å². The summed E-state index contributed by atoms with van der Waals surface area (Å²) in [4.78, 5) is 1.22. The van der Waals surface area contributed by atoms with E-state index < -0.39 is 5.54 Å². The number of aliphatic hydroxyl groups is 1. The minimum absolute atomic E-state index is 0.0338. The highest BCUT2D eigenvalue weighted by Gasteiger charge is 2.16. The van der Waals surface area contributed by atoms with Crippen LogP contribution in [0.4, 0.5) is 0 Å². The van der Waals surface area contributed by atoms with Crippen molar-refractivity contribution in [2.45, 2.75) is 23.8 Å². The normalized spacial score (nSPS) is 14.9. The van der Waals surface area contributed by atoms with E-state index in [1.165, 1.54) is 4.90 Å². The van der Waals surface area contributed by atoms with E-state index >= 15 is 0 Å². The summed E-state index contributed by atoms with van der Waals surface area (Å²) < 4.78 is 1.09. The van der Waals surface area contributed by atoms with Crippen molar-refractivity contribution < 1.29 is 5.11 Å². The second kappa shape index (κ2) is 5.89. The molecule has 1 rings (SSSR count). The average molecular weight is 290 g/mol. The van der Waals surface area contributed by atoms with Crippen molar-refractivity contribution >= 4 is 27.7 Å². The van der Waals surface area contributed by atoms with Crippen molar-refractivity contribution in [2.24, 2.45) is 5.73 Å². The molecule has 1 unspecified atom stereocenters. The number of hydrogen-bond acceptors (Lipinski definition) is 3. The quantitative estimate of drug-likeness (QED) is 0.820. The molecule has 0 radical (unpaired) electrons. The van der Waals surface area contributed by atoms with Crippen molar-refractivity contribution in [1.29, 1.82) is 0 Å². The van der Waals surface area contributed by atoms with E-state index in [-0.39, 0.29) is 6.61 Å². The van der Waals surface area contributed by atoms with Crippen molar-refractivity contribution in [2.75, 3.05) is 12.4 Å². The Balaban J connectivity index is 2.38. The zero-order valence-corrected chi connectivity index (χ0v) is 11.1. The molecule has 1 aromatic carbocycles. The number of nitrogens with two attached hydrogens (primary N) is 1. The highest BCUT2D eigenvalue weighted by atomic mass is 79.9. The summed E-state index contributed by atoms with van der Waals surface area (Å²) in [6.45, 7) is 1.90. The molecular formula is C11H16BrNOS. The van der Waals surface area contributed by atoms with Crippen LogP contribution in [0.15, 0.2) is 33.6 Å². The summed E-state index contributed by atoms with van der Waals surface area (Å²) in [6.07, 6.45) is 0.806. The van der Waals surface area contributed by atoms with Gasteiger partial charge in [-0.05, 0) is 37.3 Å². The Hall–Kier alpha value is -0.0300. The predicted octanol–water partition coefficient (Wildman–Crippen LogP) is 2.64. The molecule has 84 valence electrons. The minimum Gasteiger partial charge on any atom is -0.394 e. The highest BCUT2D eigenvalue weighted by molar-refractivity contribution is 9.10. The molecule has 0 aliphatic rings. The molecule has 0 aliphatic carbocycles. The fraction of sp³-hybridized carbons (Fsp3) is 0.455. The SMILES string of the molecule is CC(N)(CO)CCSc1cccc(Br)c1. The molecule has 2 nitrogen and oxygen atoms in total. The van der Waals surface area contributed by atoms with Crippen molar-refractivity contribution in [3.8, 4) is 0 Å². The zero-order chi connectivity index (χ0) is 11.3. The maximum absolute atomic E-state index is 8.99. The van der Waals surface area contributed by atoms with E-state index in [1.54, 1.807) is 11.8 Å². The number of hydrogen-bond donors (Lipinski definition) is 2. The lowest BCUT2D eigenvalue weighted by atomic mass is 10.0. The monoisotopic (exact) mass is 289 g/mol. The Morgan fingerprint density at radius 1 is 1.53 bits per heavy atom. The van der Waals surface area contributed by atoms with Gasteiger partial charge in [0.2, 0.25) is 0 Å². The molecule has 1 atom stereocenters. The van der Waals surface area contributed by atoms with Gasteiger partial charge in [0.15, 0.2) is 0 Å². The van der Waals surface area contributed by atoms with Crippen LogP contribution >= 0.6 is 27.7 Å². The van der Waals surface area contributed by atoms with Crippen LogP contribution in [0, 0.1) is 0 Å². The summed E-state index contributed by atoms with van der Waals surface area (Å²) in [6, 6.07) is 8.17. The van der Waals surface area contributed by atoms with Crippen molar-refractivity contribution in [3.05, 3.63) is 28.7 Å². The molecule has 3 N–H and O–H groups in total. The average Bonchev–Trinajstić information content (AvgIpc) is 2.18. The molecule has 15 heavy (non-hydrogen) atoms. The van der Waals surface area contributed by atoms with Gasteiger partial charge in [0.05, 0.1) is 6.61 Å². The van der Waals surface area contributed by atoms with E-state index in [9.17, 15) is 0 Å². The fourth-order valence-electron chi connectivity index (χ4n) is 1.04. The van der Waals surface area contributed by atoms with Crippen LogP contribution in [0.2, 0.25) is 0 Å². The van der Waals surface area contributed by atoms with Crippen LogP contribution in [0.1, 0.15) is 13.3 Å². The van der Waals surface area contributed by atoms with Gasteiger partial charge in [-0.2, -0.15) is 0 Å². The second-order valence-electron chi connectivity index (χ2n) is 3.87. The first-order chi connectivity index (χ1) is 7.03. The van der Waals surface area contributed by atoms with Gasteiger partial charge in [-0.15, -0.1) is 11.8 Å². The molecule has 4 heteroatoms. The van der Waals surface area contributed by atoms with E-state index in [4.69, 9.17) is 10.8 Å². The topological polar surface area (TPSA) is 46.2 Å². The Bertz CT molecular complexity index is 317. The van der Waals surface area contributed by atoms with E-state index in [2.05, 4.69) is 28.1 Å². The Kier molecular flexibility index (Phi) is 5.12. The van der Waals surface area contributed by atoms with Crippen LogP contribution in [0.25, 0.3) is 0 Å². The van der Waals surface area contributed by atoms with E-state index in [0.29, 0.717) is 0 Å². The van der Waals surface area contributed by atoms with E-state index in [1.807, 2.05) is 19.1 Å². The lowest BCUT2D eigenvalue weighted by Crippen LogP contribution is -2.40. The van der Waals surface area contributed by atoms with Gasteiger partial charge >= 0.3 is 0 Å². The van der Waals surface area contributed by atoms with Crippen molar-refractivity contribution in [3.63, 3.8) is 0 Å². The third-order valence-corrected chi connectivity index (χ3v) is 3.59. The van der Waals surface area contributed by atoms with Crippen LogP contribution in [-0.2, 0) is 0 Å². The van der Waals surface area contributed by atoms with Crippen molar-refractivity contribution in [1.82, 2.24) is 0 Å². The van der Waals surface area contributed by atoms with Crippen LogP contribution in [0.3, 0.4) is 0 Å². The van der Waals surface area contributed by atoms with Gasteiger partial charge in [0.25, 0.3) is 0 Å². The van der Waals surface area contributed by atoms with Gasteiger partial charge in [-0.3, -0.25) is 0 Å². The third kappa shape index (κ3) is 5.02. The van der Waals surface area contributed by atoms with Crippen LogP contribution < -0.4 is 5.73 Å². The second-order valence-corrected chi connectivity index (χ2v) is 5.95. The summed E-state index contributed by atoms with van der Waals surface area (Å²) in [5, 5.41) is 8.99. The van der Waals surface area contributed by atoms with Gasteiger partial charge < -0.3 is 10.8 Å². The lowest BCUT2D eigenvalue weighted by Gasteiger charge is -2.20. The zero-order valence-electron chi connectivity index (χ0n) is 8.74. The number of rotatable bonds is 5. The molecule has 1 aromatic rings. The summed E-state index contributed by atoms with van der Waals surface area (Å²) in [5.41, 5.74) is 5.38. The third-order valence-electron chi connectivity index (χ3n) is 2.10. The molecule has 0 saturated heterocycles. The first-order valence-electron chi connectivity index (χ1n) is 4.82. The molecular weight excluding hydrogens is 274 g/mol. The minimum atomic E-state index is -0.459. The summed E-state index contributed by atoms with van der Waals surface area (Å²) >= 11 is 5.18. The first kappa shape index (κ1) is 13.0. The van der Waals surface area contributed by atoms with E-state index in [0.717, 1.165) is 16.6 Å². The molecule has 0 aliphatic heterocycles. The van der Waals surface area contributed by atoms with Gasteiger partial charge in [-0.25, -0.2) is 0 Å². The number of benzene rings is 1. The molecule has 0 bridgehead atoms. The molecule has 0 aromatic heterocycles. The summed E-state index contributed by atoms with van der Waals surface area (Å²) in [7, 11) is 0. The smallest absolute Gasteiger partial charge is 0.0608 e. The molecule has 0 saturated carbocycles. The molecule has 0 amide bonds. The van der Waals surface area contributed by atoms with Gasteiger partial charge in [0, 0.05) is 14.9 Å². The lowest BCUT2D eigenvalue weighted by molar-refractivity contribution is 0.206. The Morgan fingerprint density at radius 3 is 2.87 bits per heavy atom. The number of thioether (sulfide) groups is 1. The Morgan fingerprint density at radius 2 is 2.27 bits per heavy atom. The first-order valence-corrected chi connectivity index (χ1v) is 6.59. The predicted molar refractivity (Wildman–Crippen MR) is 69.2 cm³/mol. The summed E-state index contributed by atoms with van der Waals surface area (Å²) in [5.74, 6) is 0.921. The maximum Gasteiger partial charge on any atom is 0.0608 e. The maximum atomic E-state index is 8.99. The van der Waals surface area contributed by atoms with Gasteiger partial charge in [-0.1, -0.05) is 22.0 Å².